The molecule has 8 heteroatoms. The molecule has 0 bridgehead atoms. The van der Waals surface area contributed by atoms with Gasteiger partial charge in [-0.05, 0) is 32.7 Å². The van der Waals surface area contributed by atoms with Gasteiger partial charge in [-0.15, -0.1) is 0 Å². The fourth-order valence-electron chi connectivity index (χ4n) is 3.37. The predicted molar refractivity (Wildman–Crippen MR) is 127 cm³/mol. The first-order chi connectivity index (χ1) is 14.8. The fraction of sp³-hybridized carbons (Fsp3) is 0.348. The van der Waals surface area contributed by atoms with Crippen molar-refractivity contribution in [2.24, 2.45) is 4.99 Å². The second-order valence-corrected chi connectivity index (χ2v) is 7.88. The molecule has 2 aromatic rings. The van der Waals surface area contributed by atoms with Crippen LogP contribution in [-0.2, 0) is 11.3 Å². The minimum atomic E-state index is -0.190. The van der Waals surface area contributed by atoms with E-state index in [-0.39, 0.29) is 18.2 Å². The minimum Gasteiger partial charge on any atom is -0.375 e. The lowest BCUT2D eigenvalue weighted by Crippen LogP contribution is -2.52. The van der Waals surface area contributed by atoms with Crippen molar-refractivity contribution in [3.8, 4) is 0 Å². The van der Waals surface area contributed by atoms with Crippen molar-refractivity contribution in [3.05, 3.63) is 75.4 Å². The van der Waals surface area contributed by atoms with Crippen molar-refractivity contribution in [2.45, 2.75) is 26.5 Å². The molecule has 1 aromatic heterocycles. The average Bonchev–Trinajstić information content (AvgIpc) is 2.72. The summed E-state index contributed by atoms with van der Waals surface area (Å²) in [4.78, 5) is 21.1. The van der Waals surface area contributed by atoms with E-state index in [1.54, 1.807) is 24.4 Å². The van der Waals surface area contributed by atoms with Gasteiger partial charge in [-0.25, -0.2) is 4.68 Å². The molecule has 0 unspecified atom stereocenters. The van der Waals surface area contributed by atoms with Crippen molar-refractivity contribution < 1.29 is 4.74 Å². The van der Waals surface area contributed by atoms with Gasteiger partial charge in [-0.3, -0.25) is 9.79 Å². The van der Waals surface area contributed by atoms with E-state index in [4.69, 9.17) is 16.3 Å². The highest BCUT2D eigenvalue weighted by Crippen LogP contribution is 2.26. The molecule has 1 aliphatic heterocycles. The maximum Gasteiger partial charge on any atom is 0.269 e. The summed E-state index contributed by atoms with van der Waals surface area (Å²) in [6.07, 6.45) is 1.93. The number of allylic oxidation sites excluding steroid dienone is 2. The summed E-state index contributed by atoms with van der Waals surface area (Å²) in [5, 5.41) is 5.04. The number of rotatable bonds is 9. The van der Waals surface area contributed by atoms with E-state index >= 15 is 0 Å². The smallest absolute Gasteiger partial charge is 0.269 e. The van der Waals surface area contributed by atoms with Gasteiger partial charge in [0.2, 0.25) is 0 Å². The van der Waals surface area contributed by atoms with E-state index in [1.165, 1.54) is 4.68 Å². The standard InChI is InChI=1S/C23H28ClN5O2/c1-6-31-20-13-28(14-20)19-11-22(30)29(26-12-19)15-21(27(5)16(2)3)23(25-4)17-7-9-18(24)10-8-17/h7-12,20H,2,4,6,13-15H2,1,3,5H3/b23-21-. The number of halogens is 1. The molecule has 0 atom stereocenters. The second-order valence-electron chi connectivity index (χ2n) is 7.45. The summed E-state index contributed by atoms with van der Waals surface area (Å²) in [6, 6.07) is 8.94. The zero-order chi connectivity index (χ0) is 22.5. The molecular weight excluding hydrogens is 414 g/mol. The Morgan fingerprint density at radius 3 is 2.58 bits per heavy atom. The molecular formula is C23H28ClN5O2. The van der Waals surface area contributed by atoms with Crippen LogP contribution in [0.25, 0.3) is 5.70 Å². The van der Waals surface area contributed by atoms with Crippen molar-refractivity contribution in [1.82, 2.24) is 14.7 Å². The molecule has 3 rings (SSSR count). The summed E-state index contributed by atoms with van der Waals surface area (Å²) in [5.74, 6) is 0. The Balaban J connectivity index is 1.91. The first kappa shape index (κ1) is 22.8. The molecule has 1 aliphatic rings. The predicted octanol–water partition coefficient (Wildman–Crippen LogP) is 3.66. The van der Waals surface area contributed by atoms with E-state index in [0.717, 1.165) is 35.7 Å². The van der Waals surface area contributed by atoms with Gasteiger partial charge in [0.25, 0.3) is 5.56 Å². The Bertz CT molecular complexity index is 1040. The fourth-order valence-corrected chi connectivity index (χ4v) is 3.50. The van der Waals surface area contributed by atoms with Gasteiger partial charge in [0, 0.05) is 49.1 Å². The lowest BCUT2D eigenvalue weighted by Gasteiger charge is -2.40. The summed E-state index contributed by atoms with van der Waals surface area (Å²) in [6.45, 7) is 14.1. The van der Waals surface area contributed by atoms with Gasteiger partial charge in [0.05, 0.1) is 35.9 Å². The summed E-state index contributed by atoms with van der Waals surface area (Å²) >= 11 is 6.03. The van der Waals surface area contributed by atoms with Gasteiger partial charge in [-0.2, -0.15) is 5.10 Å². The van der Waals surface area contributed by atoms with Crippen LogP contribution in [0.5, 0.6) is 0 Å². The third kappa shape index (κ3) is 5.24. The molecule has 1 aromatic carbocycles. The zero-order valence-corrected chi connectivity index (χ0v) is 19.0. The van der Waals surface area contributed by atoms with Crippen molar-refractivity contribution in [1.29, 1.82) is 0 Å². The van der Waals surface area contributed by atoms with Crippen LogP contribution in [0.15, 0.2) is 64.3 Å². The third-order valence-corrected chi connectivity index (χ3v) is 5.55. The lowest BCUT2D eigenvalue weighted by molar-refractivity contribution is 0.0430. The van der Waals surface area contributed by atoms with Crippen molar-refractivity contribution in [3.63, 3.8) is 0 Å². The minimum absolute atomic E-state index is 0.190. The van der Waals surface area contributed by atoms with Crippen LogP contribution < -0.4 is 10.5 Å². The number of hydrogen-bond donors (Lipinski definition) is 0. The quantitative estimate of drug-likeness (QED) is 0.556. The highest BCUT2D eigenvalue weighted by molar-refractivity contribution is 6.30. The number of aromatic nitrogens is 2. The Kier molecular flexibility index (Phi) is 7.30. The number of aliphatic imine (C=N–C) groups is 1. The van der Waals surface area contributed by atoms with E-state index in [9.17, 15) is 4.79 Å². The van der Waals surface area contributed by atoms with Crippen LogP contribution in [0, 0.1) is 0 Å². The second kappa shape index (κ2) is 9.94. The van der Waals surface area contributed by atoms with Crippen LogP contribution in [0.4, 0.5) is 5.69 Å². The molecule has 0 amide bonds. The third-order valence-electron chi connectivity index (χ3n) is 5.30. The largest absolute Gasteiger partial charge is 0.375 e. The van der Waals surface area contributed by atoms with Crippen LogP contribution in [0.1, 0.15) is 19.4 Å². The lowest BCUT2D eigenvalue weighted by atomic mass is 10.1. The monoisotopic (exact) mass is 441 g/mol. The van der Waals surface area contributed by atoms with Gasteiger partial charge < -0.3 is 14.5 Å². The normalized spacial score (nSPS) is 14.6. The van der Waals surface area contributed by atoms with Gasteiger partial charge >= 0.3 is 0 Å². The molecule has 31 heavy (non-hydrogen) atoms. The Morgan fingerprint density at radius 2 is 2.03 bits per heavy atom. The first-order valence-electron chi connectivity index (χ1n) is 10.1. The number of hydrogen-bond acceptors (Lipinski definition) is 6. The molecule has 7 nitrogen and oxygen atoms in total. The van der Waals surface area contributed by atoms with Gasteiger partial charge in [-0.1, -0.05) is 30.3 Å². The Hall–Kier alpha value is -2.90. The number of anilines is 1. The van der Waals surface area contributed by atoms with Crippen LogP contribution in [0.2, 0.25) is 5.02 Å². The van der Waals surface area contributed by atoms with E-state index in [2.05, 4.69) is 28.3 Å². The summed E-state index contributed by atoms with van der Waals surface area (Å²) < 4.78 is 7.00. The van der Waals surface area contributed by atoms with E-state index in [0.29, 0.717) is 17.3 Å². The number of nitrogens with zero attached hydrogens (tertiary/aromatic N) is 5. The molecule has 164 valence electrons. The molecule has 0 N–H and O–H groups in total. The van der Waals surface area contributed by atoms with Gasteiger partial charge in [0.1, 0.15) is 0 Å². The van der Waals surface area contributed by atoms with E-state index in [1.807, 2.05) is 37.9 Å². The topological polar surface area (TPSA) is 63.0 Å². The Labute approximate surface area is 187 Å². The number of likely N-dealkylation sites (N-methyl/N-ethyl adjacent to an activating group) is 1. The zero-order valence-electron chi connectivity index (χ0n) is 18.2. The molecule has 0 saturated carbocycles. The highest BCUT2D eigenvalue weighted by atomic mass is 35.5. The SMILES string of the molecule is C=N/C(=C(/Cn1ncc(N2CC(OCC)C2)cc1=O)N(C)C(=C)C)c1ccc(Cl)cc1. The molecule has 0 radical (unpaired) electrons. The molecule has 1 saturated heterocycles. The molecule has 1 fully saturated rings. The Morgan fingerprint density at radius 1 is 1.35 bits per heavy atom. The van der Waals surface area contributed by atoms with Crippen LogP contribution >= 0.6 is 11.6 Å². The highest BCUT2D eigenvalue weighted by Gasteiger charge is 2.28. The van der Waals surface area contributed by atoms with Crippen molar-refractivity contribution in [2.75, 3.05) is 31.6 Å². The van der Waals surface area contributed by atoms with E-state index < -0.39 is 0 Å². The van der Waals surface area contributed by atoms with Crippen LogP contribution in [0.3, 0.4) is 0 Å². The first-order valence-corrected chi connectivity index (χ1v) is 10.5. The molecule has 0 aliphatic carbocycles. The summed E-state index contributed by atoms with van der Waals surface area (Å²) in [7, 11) is 1.88. The molecule has 0 spiro atoms. The average molecular weight is 442 g/mol. The maximum absolute atomic E-state index is 12.8. The summed E-state index contributed by atoms with van der Waals surface area (Å²) in [5.41, 5.74) is 3.65. The maximum atomic E-state index is 12.8. The number of benzene rings is 1. The van der Waals surface area contributed by atoms with Crippen molar-refractivity contribution >= 4 is 29.7 Å². The molecule has 2 heterocycles. The van der Waals surface area contributed by atoms with Gasteiger partial charge in [0.15, 0.2) is 0 Å². The number of ether oxygens (including phenoxy) is 1. The van der Waals surface area contributed by atoms with Crippen LogP contribution in [-0.4, -0.2) is 54.2 Å².